The summed E-state index contributed by atoms with van der Waals surface area (Å²) >= 11 is 0. The fourth-order valence-corrected chi connectivity index (χ4v) is 1.10. The Labute approximate surface area is 89.1 Å². The maximum Gasteiger partial charge on any atom is 0.160 e. The predicted molar refractivity (Wildman–Crippen MR) is 59.4 cm³/mol. The first-order valence-electron chi connectivity index (χ1n) is 4.81. The van der Waals surface area contributed by atoms with Crippen LogP contribution in [0.1, 0.15) is 13.3 Å². The molecule has 84 valence electrons. The molecule has 1 unspecified atom stereocenters. The van der Waals surface area contributed by atoms with Crippen molar-refractivity contribution in [3.63, 3.8) is 0 Å². The lowest BCUT2D eigenvalue weighted by Crippen LogP contribution is -2.23. The molecule has 1 aromatic rings. The molecule has 0 spiro atoms. The molecule has 0 amide bonds. The van der Waals surface area contributed by atoms with E-state index in [1.807, 2.05) is 11.9 Å². The van der Waals surface area contributed by atoms with Gasteiger partial charge in [-0.2, -0.15) is 0 Å². The van der Waals surface area contributed by atoms with Gasteiger partial charge in [0.1, 0.15) is 5.82 Å². The summed E-state index contributed by atoms with van der Waals surface area (Å²) in [5.74, 6) is 6.48. The van der Waals surface area contributed by atoms with Gasteiger partial charge in [-0.25, -0.2) is 10.8 Å². The number of nitrogens with zero attached hydrogens (tertiary/aromatic N) is 3. The van der Waals surface area contributed by atoms with E-state index >= 15 is 0 Å². The van der Waals surface area contributed by atoms with Crippen LogP contribution in [0.4, 0.5) is 11.6 Å². The summed E-state index contributed by atoms with van der Waals surface area (Å²) < 4.78 is 0. The summed E-state index contributed by atoms with van der Waals surface area (Å²) in [6.07, 6.45) is 3.59. The Morgan fingerprint density at radius 3 is 2.93 bits per heavy atom. The van der Waals surface area contributed by atoms with Crippen molar-refractivity contribution in [2.75, 3.05) is 23.9 Å². The van der Waals surface area contributed by atoms with Crippen LogP contribution < -0.4 is 16.2 Å². The van der Waals surface area contributed by atoms with Crippen LogP contribution in [-0.2, 0) is 0 Å². The maximum atomic E-state index is 9.15. The van der Waals surface area contributed by atoms with Crippen LogP contribution in [0.5, 0.6) is 0 Å². The van der Waals surface area contributed by atoms with E-state index in [2.05, 4.69) is 15.4 Å². The Kier molecular flexibility index (Phi) is 4.26. The Morgan fingerprint density at radius 2 is 2.33 bits per heavy atom. The zero-order valence-corrected chi connectivity index (χ0v) is 9.01. The summed E-state index contributed by atoms with van der Waals surface area (Å²) in [5, 5.41) is 9.15. The van der Waals surface area contributed by atoms with Gasteiger partial charge in [-0.15, -0.1) is 0 Å². The van der Waals surface area contributed by atoms with E-state index in [0.717, 1.165) is 12.4 Å². The lowest BCUT2D eigenvalue weighted by atomic mass is 10.3. The number of aromatic nitrogens is 2. The molecule has 0 aliphatic rings. The van der Waals surface area contributed by atoms with Gasteiger partial charge in [0, 0.05) is 13.6 Å². The number of aliphatic hydroxyl groups is 1. The third-order valence-electron chi connectivity index (χ3n) is 2.04. The average molecular weight is 211 g/mol. The molecule has 0 saturated carbocycles. The van der Waals surface area contributed by atoms with Crippen molar-refractivity contribution in [1.29, 1.82) is 0 Å². The zero-order chi connectivity index (χ0) is 11.3. The molecular weight excluding hydrogens is 194 g/mol. The van der Waals surface area contributed by atoms with Gasteiger partial charge in [0.15, 0.2) is 5.82 Å². The minimum absolute atomic E-state index is 0.309. The molecule has 4 N–H and O–H groups in total. The van der Waals surface area contributed by atoms with Crippen LogP contribution in [0.25, 0.3) is 0 Å². The largest absolute Gasteiger partial charge is 0.393 e. The molecule has 1 atom stereocenters. The quantitative estimate of drug-likeness (QED) is 0.468. The van der Waals surface area contributed by atoms with Crippen LogP contribution in [0.3, 0.4) is 0 Å². The molecule has 1 heterocycles. The highest BCUT2D eigenvalue weighted by Gasteiger charge is 2.05. The Hall–Kier alpha value is -1.40. The number of nitrogen functional groups attached to an aromatic ring is 1. The van der Waals surface area contributed by atoms with E-state index < -0.39 is 0 Å². The summed E-state index contributed by atoms with van der Waals surface area (Å²) in [4.78, 5) is 10.1. The summed E-state index contributed by atoms with van der Waals surface area (Å²) in [6, 6.07) is 0. The van der Waals surface area contributed by atoms with E-state index in [1.54, 1.807) is 19.3 Å². The molecular formula is C9H17N5O. The van der Waals surface area contributed by atoms with Crippen molar-refractivity contribution in [2.45, 2.75) is 19.4 Å². The van der Waals surface area contributed by atoms with E-state index in [0.29, 0.717) is 12.2 Å². The van der Waals surface area contributed by atoms with Gasteiger partial charge in [-0.1, -0.05) is 0 Å². The van der Waals surface area contributed by atoms with Crippen molar-refractivity contribution in [2.24, 2.45) is 5.84 Å². The van der Waals surface area contributed by atoms with Crippen molar-refractivity contribution >= 4 is 11.6 Å². The average Bonchev–Trinajstić information content (AvgIpc) is 2.26. The van der Waals surface area contributed by atoms with Crippen molar-refractivity contribution in [3.05, 3.63) is 12.4 Å². The van der Waals surface area contributed by atoms with E-state index in [9.17, 15) is 0 Å². The molecule has 1 rings (SSSR count). The third kappa shape index (κ3) is 3.69. The minimum atomic E-state index is -0.309. The molecule has 1 aromatic heterocycles. The summed E-state index contributed by atoms with van der Waals surface area (Å²) in [5.41, 5.74) is 2.44. The highest BCUT2D eigenvalue weighted by Crippen LogP contribution is 2.10. The third-order valence-corrected chi connectivity index (χ3v) is 2.04. The first-order valence-corrected chi connectivity index (χ1v) is 4.81. The van der Waals surface area contributed by atoms with E-state index in [1.165, 1.54) is 0 Å². The second-order valence-electron chi connectivity index (χ2n) is 3.47. The second-order valence-corrected chi connectivity index (χ2v) is 3.47. The van der Waals surface area contributed by atoms with Gasteiger partial charge in [-0.3, -0.25) is 4.98 Å². The summed E-state index contributed by atoms with van der Waals surface area (Å²) in [7, 11) is 1.90. The molecule has 0 aliphatic carbocycles. The first-order chi connectivity index (χ1) is 7.13. The fourth-order valence-electron chi connectivity index (χ4n) is 1.10. The lowest BCUT2D eigenvalue weighted by Gasteiger charge is -2.18. The standard InChI is InChI=1S/C9H17N5O/c1-7(15)3-4-14(2)9-6-11-5-8(12-9)13-10/h5-7,15H,3-4,10H2,1-2H3,(H,12,13). The molecule has 0 aromatic carbocycles. The van der Waals surface area contributed by atoms with Crippen LogP contribution in [0.2, 0.25) is 0 Å². The van der Waals surface area contributed by atoms with Crippen molar-refractivity contribution in [3.8, 4) is 0 Å². The van der Waals surface area contributed by atoms with Crippen LogP contribution in [0.15, 0.2) is 12.4 Å². The van der Waals surface area contributed by atoms with Crippen molar-refractivity contribution < 1.29 is 5.11 Å². The first kappa shape index (κ1) is 11.7. The number of nitrogens with one attached hydrogen (secondary N) is 1. The zero-order valence-electron chi connectivity index (χ0n) is 9.01. The molecule has 0 aliphatic heterocycles. The van der Waals surface area contributed by atoms with Gasteiger partial charge in [-0.05, 0) is 13.3 Å². The predicted octanol–water partition coefficient (Wildman–Crippen LogP) is -0.0307. The number of hydrazine groups is 1. The van der Waals surface area contributed by atoms with Gasteiger partial charge in [0.2, 0.25) is 0 Å². The van der Waals surface area contributed by atoms with Gasteiger partial charge < -0.3 is 15.4 Å². The second kappa shape index (κ2) is 5.47. The van der Waals surface area contributed by atoms with E-state index in [4.69, 9.17) is 10.9 Å². The lowest BCUT2D eigenvalue weighted by molar-refractivity contribution is 0.187. The Morgan fingerprint density at radius 1 is 1.60 bits per heavy atom. The number of anilines is 2. The minimum Gasteiger partial charge on any atom is -0.393 e. The highest BCUT2D eigenvalue weighted by molar-refractivity contribution is 5.42. The molecule has 15 heavy (non-hydrogen) atoms. The van der Waals surface area contributed by atoms with Gasteiger partial charge in [0.05, 0.1) is 18.5 Å². The Balaban J connectivity index is 2.60. The highest BCUT2D eigenvalue weighted by atomic mass is 16.3. The number of hydrogen-bond acceptors (Lipinski definition) is 6. The SMILES string of the molecule is CC(O)CCN(C)c1cncc(NN)n1. The maximum absolute atomic E-state index is 9.15. The van der Waals surface area contributed by atoms with E-state index in [-0.39, 0.29) is 6.10 Å². The smallest absolute Gasteiger partial charge is 0.160 e. The molecule has 0 bridgehead atoms. The monoisotopic (exact) mass is 211 g/mol. The molecule has 0 saturated heterocycles. The summed E-state index contributed by atoms with van der Waals surface area (Å²) in [6.45, 7) is 2.48. The number of hydrogen-bond donors (Lipinski definition) is 3. The number of aliphatic hydroxyl groups excluding tert-OH is 1. The van der Waals surface area contributed by atoms with Gasteiger partial charge >= 0.3 is 0 Å². The van der Waals surface area contributed by atoms with Gasteiger partial charge in [0.25, 0.3) is 0 Å². The van der Waals surface area contributed by atoms with Crippen LogP contribution in [0, 0.1) is 0 Å². The van der Waals surface area contributed by atoms with Crippen LogP contribution in [-0.4, -0.2) is 34.8 Å². The normalized spacial score (nSPS) is 12.3. The molecule has 6 nitrogen and oxygen atoms in total. The topological polar surface area (TPSA) is 87.3 Å². The fraction of sp³-hybridized carbons (Fsp3) is 0.556. The van der Waals surface area contributed by atoms with Crippen LogP contribution >= 0.6 is 0 Å². The Bertz CT molecular complexity index is 304. The molecule has 0 radical (unpaired) electrons. The molecule has 0 fully saturated rings. The molecule has 6 heteroatoms. The number of nitrogens with two attached hydrogens (primary N) is 1. The van der Waals surface area contributed by atoms with Crippen molar-refractivity contribution in [1.82, 2.24) is 9.97 Å². The number of rotatable bonds is 5.